The highest BCUT2D eigenvalue weighted by Gasteiger charge is 2.22. The van der Waals surface area contributed by atoms with Crippen molar-refractivity contribution >= 4 is 17.3 Å². The number of halogens is 1. The molecule has 0 saturated heterocycles. The highest BCUT2D eigenvalue weighted by molar-refractivity contribution is 6.18. The molecule has 3 heteroatoms. The Morgan fingerprint density at radius 2 is 1.94 bits per heavy atom. The van der Waals surface area contributed by atoms with Gasteiger partial charge >= 0.3 is 0 Å². The lowest BCUT2D eigenvalue weighted by Crippen LogP contribution is -2.10. The first kappa shape index (κ1) is 11.5. The molecule has 0 aromatic heterocycles. The van der Waals surface area contributed by atoms with Crippen LogP contribution in [0.25, 0.3) is 0 Å². The third-order valence-electron chi connectivity index (χ3n) is 3.06. The second kappa shape index (κ2) is 4.46. The Morgan fingerprint density at radius 3 is 2.56 bits per heavy atom. The van der Waals surface area contributed by atoms with Crippen molar-refractivity contribution in [3.63, 3.8) is 0 Å². The summed E-state index contributed by atoms with van der Waals surface area (Å²) in [5, 5.41) is 4.12. The maximum Gasteiger partial charge on any atom is 0.146 e. The molecule has 1 aliphatic rings. The first-order valence-corrected chi connectivity index (χ1v) is 6.02. The SMILES string of the molecule is Cc1cc(C)c(C2=NOC(CCl)C2)cc1C. The summed E-state index contributed by atoms with van der Waals surface area (Å²) in [5.74, 6) is 0.497. The van der Waals surface area contributed by atoms with Crippen molar-refractivity contribution in [2.45, 2.75) is 33.3 Å². The summed E-state index contributed by atoms with van der Waals surface area (Å²) < 4.78 is 0. The first-order chi connectivity index (χ1) is 7.61. The zero-order chi connectivity index (χ0) is 11.7. The molecule has 1 aromatic carbocycles. The quantitative estimate of drug-likeness (QED) is 0.723. The van der Waals surface area contributed by atoms with Crippen molar-refractivity contribution < 1.29 is 4.84 Å². The minimum absolute atomic E-state index is 0.0395. The molecule has 0 spiro atoms. The standard InChI is InChI=1S/C13H16ClNO/c1-8-4-10(3)12(5-9(8)2)13-6-11(7-14)16-15-13/h4-5,11H,6-7H2,1-3H3. The van der Waals surface area contributed by atoms with E-state index < -0.39 is 0 Å². The Morgan fingerprint density at radius 1 is 1.25 bits per heavy atom. The molecule has 0 N–H and O–H groups in total. The van der Waals surface area contributed by atoms with Crippen molar-refractivity contribution in [1.82, 2.24) is 0 Å². The van der Waals surface area contributed by atoms with E-state index in [2.05, 4.69) is 38.1 Å². The number of hydrogen-bond acceptors (Lipinski definition) is 2. The van der Waals surface area contributed by atoms with Crippen LogP contribution in [-0.2, 0) is 4.84 Å². The van der Waals surface area contributed by atoms with Gasteiger partial charge in [-0.25, -0.2) is 0 Å². The van der Waals surface area contributed by atoms with Crippen LogP contribution in [0.1, 0.15) is 28.7 Å². The largest absolute Gasteiger partial charge is 0.391 e. The molecule has 0 aliphatic carbocycles. The fourth-order valence-corrected chi connectivity index (χ4v) is 2.11. The lowest BCUT2D eigenvalue weighted by Gasteiger charge is -2.08. The fourth-order valence-electron chi connectivity index (χ4n) is 1.94. The number of aryl methyl sites for hydroxylation is 3. The lowest BCUT2D eigenvalue weighted by molar-refractivity contribution is 0.102. The third-order valence-corrected chi connectivity index (χ3v) is 3.40. The molecule has 0 fully saturated rings. The van der Waals surface area contributed by atoms with Gasteiger partial charge in [-0.15, -0.1) is 11.6 Å². The molecular formula is C13H16ClNO. The normalized spacial score (nSPS) is 19.5. The van der Waals surface area contributed by atoms with Gasteiger partial charge in [0, 0.05) is 12.0 Å². The topological polar surface area (TPSA) is 21.6 Å². The van der Waals surface area contributed by atoms with Crippen LogP contribution in [0.3, 0.4) is 0 Å². The van der Waals surface area contributed by atoms with Gasteiger partial charge in [-0.3, -0.25) is 0 Å². The van der Waals surface area contributed by atoms with Gasteiger partial charge in [-0.2, -0.15) is 0 Å². The molecule has 16 heavy (non-hydrogen) atoms. The minimum Gasteiger partial charge on any atom is -0.391 e. The number of benzene rings is 1. The Bertz CT molecular complexity index is 440. The Balaban J connectivity index is 2.32. The molecule has 2 rings (SSSR count). The summed E-state index contributed by atoms with van der Waals surface area (Å²) in [5.41, 5.74) is 6.06. The van der Waals surface area contributed by atoms with Crippen molar-refractivity contribution in [1.29, 1.82) is 0 Å². The van der Waals surface area contributed by atoms with E-state index >= 15 is 0 Å². The van der Waals surface area contributed by atoms with Crippen molar-refractivity contribution in [3.8, 4) is 0 Å². The smallest absolute Gasteiger partial charge is 0.146 e. The Labute approximate surface area is 101 Å². The van der Waals surface area contributed by atoms with Gasteiger partial charge in [0.05, 0.1) is 11.6 Å². The molecule has 1 atom stereocenters. The summed E-state index contributed by atoms with van der Waals surface area (Å²) in [4.78, 5) is 5.25. The molecule has 1 heterocycles. The molecule has 0 bridgehead atoms. The second-order valence-electron chi connectivity index (χ2n) is 4.38. The number of rotatable bonds is 2. The molecular weight excluding hydrogens is 222 g/mol. The maximum atomic E-state index is 5.76. The zero-order valence-electron chi connectivity index (χ0n) is 9.88. The van der Waals surface area contributed by atoms with Gasteiger partial charge in [0.2, 0.25) is 0 Å². The molecule has 1 unspecified atom stereocenters. The van der Waals surface area contributed by atoms with Crippen molar-refractivity contribution in [2.75, 3.05) is 5.88 Å². The molecule has 1 aromatic rings. The molecule has 1 aliphatic heterocycles. The van der Waals surface area contributed by atoms with Crippen molar-refractivity contribution in [3.05, 3.63) is 34.4 Å². The van der Waals surface area contributed by atoms with Gasteiger partial charge in [0.15, 0.2) is 0 Å². The summed E-state index contributed by atoms with van der Waals surface area (Å²) >= 11 is 5.76. The maximum absolute atomic E-state index is 5.76. The van der Waals surface area contributed by atoms with Crippen LogP contribution in [0.15, 0.2) is 17.3 Å². The van der Waals surface area contributed by atoms with Crippen molar-refractivity contribution in [2.24, 2.45) is 5.16 Å². The second-order valence-corrected chi connectivity index (χ2v) is 4.68. The van der Waals surface area contributed by atoms with E-state index in [9.17, 15) is 0 Å². The van der Waals surface area contributed by atoms with Gasteiger partial charge in [0.25, 0.3) is 0 Å². The lowest BCUT2D eigenvalue weighted by atomic mass is 9.96. The fraction of sp³-hybridized carbons (Fsp3) is 0.462. The number of oxime groups is 1. The van der Waals surface area contributed by atoms with E-state index in [4.69, 9.17) is 16.4 Å². The van der Waals surface area contributed by atoms with Crippen LogP contribution in [0.4, 0.5) is 0 Å². The predicted octanol–water partition coefficient (Wildman–Crippen LogP) is 3.34. The van der Waals surface area contributed by atoms with Crippen LogP contribution in [0, 0.1) is 20.8 Å². The average molecular weight is 238 g/mol. The van der Waals surface area contributed by atoms with Crippen LogP contribution < -0.4 is 0 Å². The van der Waals surface area contributed by atoms with Gasteiger partial charge < -0.3 is 4.84 Å². The number of alkyl halides is 1. The highest BCUT2D eigenvalue weighted by Crippen LogP contribution is 2.22. The van der Waals surface area contributed by atoms with E-state index in [0.29, 0.717) is 5.88 Å². The molecule has 0 amide bonds. The molecule has 2 nitrogen and oxygen atoms in total. The number of hydrogen-bond donors (Lipinski definition) is 0. The Kier molecular flexibility index (Phi) is 3.20. The van der Waals surface area contributed by atoms with Crippen LogP contribution in [0.5, 0.6) is 0 Å². The monoisotopic (exact) mass is 237 g/mol. The van der Waals surface area contributed by atoms with Crippen LogP contribution in [0.2, 0.25) is 0 Å². The highest BCUT2D eigenvalue weighted by atomic mass is 35.5. The van der Waals surface area contributed by atoms with Crippen LogP contribution >= 0.6 is 11.6 Å². The summed E-state index contributed by atoms with van der Waals surface area (Å²) in [6.07, 6.45) is 0.852. The summed E-state index contributed by atoms with van der Waals surface area (Å²) in [7, 11) is 0. The van der Waals surface area contributed by atoms with E-state index in [1.54, 1.807) is 0 Å². The average Bonchev–Trinajstić information content (AvgIpc) is 2.71. The molecule has 86 valence electrons. The van der Waals surface area contributed by atoms with E-state index in [0.717, 1.165) is 12.1 Å². The van der Waals surface area contributed by atoms with E-state index in [1.165, 1.54) is 22.3 Å². The zero-order valence-corrected chi connectivity index (χ0v) is 10.6. The minimum atomic E-state index is 0.0395. The van der Waals surface area contributed by atoms with Gasteiger partial charge in [-0.05, 0) is 43.5 Å². The predicted molar refractivity (Wildman–Crippen MR) is 67.4 cm³/mol. The van der Waals surface area contributed by atoms with Gasteiger partial charge in [0.1, 0.15) is 6.10 Å². The molecule has 0 saturated carbocycles. The first-order valence-electron chi connectivity index (χ1n) is 5.48. The molecule has 0 radical (unpaired) electrons. The number of nitrogens with zero attached hydrogens (tertiary/aromatic N) is 1. The van der Waals surface area contributed by atoms with Gasteiger partial charge in [-0.1, -0.05) is 11.2 Å². The van der Waals surface area contributed by atoms with E-state index in [-0.39, 0.29) is 6.10 Å². The Hall–Kier alpha value is -1.02. The summed E-state index contributed by atoms with van der Waals surface area (Å²) in [6.45, 7) is 6.35. The summed E-state index contributed by atoms with van der Waals surface area (Å²) in [6, 6.07) is 4.38. The van der Waals surface area contributed by atoms with Crippen LogP contribution in [-0.4, -0.2) is 17.7 Å². The van der Waals surface area contributed by atoms with E-state index in [1.807, 2.05) is 0 Å². The third kappa shape index (κ3) is 2.07.